The van der Waals surface area contributed by atoms with Crippen molar-refractivity contribution in [2.45, 2.75) is 45.5 Å². The van der Waals surface area contributed by atoms with Gasteiger partial charge in [-0.05, 0) is 67.8 Å². The fraction of sp³-hybridized carbons (Fsp3) is 0.355. The number of aromatic nitrogens is 2. The van der Waals surface area contributed by atoms with E-state index in [1.807, 2.05) is 17.9 Å². The van der Waals surface area contributed by atoms with E-state index >= 15 is 4.39 Å². The first kappa shape index (κ1) is 31.9. The molecule has 12 heteroatoms. The monoisotopic (exact) mass is 620 g/mol. The minimum atomic E-state index is -4.74. The Hall–Kier alpha value is -3.99. The summed E-state index contributed by atoms with van der Waals surface area (Å²) in [6, 6.07) is 14.5. The molecular weight excluding hydrogens is 588 g/mol. The number of piperazine rings is 1. The molecule has 3 heterocycles. The number of carbonyl (C=O) groups is 1. The molecule has 43 heavy (non-hydrogen) atoms. The molecule has 0 bridgehead atoms. The van der Waals surface area contributed by atoms with Crippen molar-refractivity contribution in [2.24, 2.45) is 0 Å². The Kier molecular flexibility index (Phi) is 9.74. The van der Waals surface area contributed by atoms with Crippen LogP contribution in [-0.4, -0.2) is 54.5 Å². The van der Waals surface area contributed by atoms with Gasteiger partial charge in [0.25, 0.3) is 0 Å². The van der Waals surface area contributed by atoms with E-state index in [9.17, 15) is 18.0 Å². The minimum absolute atomic E-state index is 0. The lowest BCUT2D eigenvalue weighted by molar-refractivity contribution is -0.274. The number of halogens is 5. The Labute approximate surface area is 253 Å². The van der Waals surface area contributed by atoms with Gasteiger partial charge in [-0.25, -0.2) is 8.91 Å². The van der Waals surface area contributed by atoms with E-state index in [4.69, 9.17) is 4.74 Å². The van der Waals surface area contributed by atoms with Crippen LogP contribution >= 0.6 is 12.4 Å². The predicted octanol–water partition coefficient (Wildman–Crippen LogP) is 7.03. The number of carbonyl (C=O) groups excluding carboxylic acids is 1. The van der Waals surface area contributed by atoms with Crippen molar-refractivity contribution >= 4 is 35.1 Å². The van der Waals surface area contributed by atoms with Crippen molar-refractivity contribution in [3.8, 4) is 11.5 Å². The van der Waals surface area contributed by atoms with E-state index in [1.165, 1.54) is 18.2 Å². The van der Waals surface area contributed by atoms with E-state index in [0.29, 0.717) is 54.3 Å². The molecule has 0 N–H and O–H groups in total. The molecule has 0 aliphatic carbocycles. The highest BCUT2D eigenvalue weighted by atomic mass is 35.5. The number of fused-ring (bicyclic) bond motifs is 1. The van der Waals surface area contributed by atoms with Crippen molar-refractivity contribution in [2.75, 3.05) is 36.5 Å². The summed E-state index contributed by atoms with van der Waals surface area (Å²) in [7, 11) is 1.57. The van der Waals surface area contributed by atoms with Gasteiger partial charge >= 0.3 is 6.36 Å². The van der Waals surface area contributed by atoms with Gasteiger partial charge in [-0.1, -0.05) is 13.0 Å². The third kappa shape index (κ3) is 7.15. The number of alkyl halides is 3. The Morgan fingerprint density at radius 3 is 2.44 bits per heavy atom. The predicted molar refractivity (Wildman–Crippen MR) is 160 cm³/mol. The first-order valence-corrected chi connectivity index (χ1v) is 13.8. The molecule has 0 spiro atoms. The lowest BCUT2D eigenvalue weighted by atomic mass is 10.0. The molecule has 0 radical (unpaired) electrons. The maximum absolute atomic E-state index is 15.3. The lowest BCUT2D eigenvalue weighted by Crippen LogP contribution is -2.53. The summed E-state index contributed by atoms with van der Waals surface area (Å²) in [5.41, 5.74) is 3.85. The van der Waals surface area contributed by atoms with Gasteiger partial charge in [-0.3, -0.25) is 4.79 Å². The zero-order chi connectivity index (χ0) is 30.0. The average Bonchev–Trinajstić information content (AvgIpc) is 3.30. The maximum Gasteiger partial charge on any atom is 0.573 e. The minimum Gasteiger partial charge on any atom is -0.497 e. The zero-order valence-corrected chi connectivity index (χ0v) is 24.8. The second-order valence-corrected chi connectivity index (χ2v) is 10.3. The van der Waals surface area contributed by atoms with Crippen LogP contribution in [0.2, 0.25) is 0 Å². The van der Waals surface area contributed by atoms with E-state index in [0.717, 1.165) is 17.7 Å². The van der Waals surface area contributed by atoms with Crippen LogP contribution in [0.3, 0.4) is 0 Å². The SMILES string of the molecule is CC[C@H]1CN(c2ccc(CCC(=O)c3c(C)nn4ccc(OC)cc34)cc2F)CCN1c1ccc(OC(F)(F)F)cc1.Cl. The highest BCUT2D eigenvalue weighted by molar-refractivity contribution is 6.03. The molecule has 0 unspecified atom stereocenters. The highest BCUT2D eigenvalue weighted by Gasteiger charge is 2.32. The second-order valence-electron chi connectivity index (χ2n) is 10.3. The highest BCUT2D eigenvalue weighted by Crippen LogP contribution is 2.31. The average molecular weight is 621 g/mol. The lowest BCUT2D eigenvalue weighted by Gasteiger charge is -2.43. The van der Waals surface area contributed by atoms with E-state index in [-0.39, 0.29) is 42.2 Å². The number of hydrogen-bond acceptors (Lipinski definition) is 6. The molecule has 4 aromatic rings. The molecule has 1 aliphatic rings. The molecule has 1 atom stereocenters. The summed E-state index contributed by atoms with van der Waals surface area (Å²) >= 11 is 0. The van der Waals surface area contributed by atoms with Crippen LogP contribution in [0.4, 0.5) is 28.9 Å². The maximum atomic E-state index is 15.3. The number of rotatable bonds is 9. The standard InChI is InChI=1S/C31H32F4N4O3.ClH/c1-4-22-19-37(15-16-38(22)23-7-9-24(10-8-23)42-31(33,34)35)27-11-5-21(17-26(27)32)6-12-29(40)30-20(2)36-39-14-13-25(41-3)18-28(30)39;/h5,7-11,13-14,17-18,22H,4,6,12,15-16,19H2,1-3H3;1H/t22-;/m0./s1. The Balaban J connectivity index is 0.00000423. The summed E-state index contributed by atoms with van der Waals surface area (Å²) in [6.45, 7) is 5.51. The molecule has 2 aromatic heterocycles. The number of anilines is 2. The number of benzene rings is 2. The number of Topliss-reactive ketones (excluding diaryl/α,β-unsaturated/α-hetero) is 1. The van der Waals surface area contributed by atoms with E-state index in [2.05, 4.69) is 14.7 Å². The van der Waals surface area contributed by atoms with Gasteiger partial charge in [0, 0.05) is 50.0 Å². The van der Waals surface area contributed by atoms with Crippen molar-refractivity contribution < 1.29 is 31.8 Å². The van der Waals surface area contributed by atoms with Gasteiger partial charge in [0.2, 0.25) is 0 Å². The van der Waals surface area contributed by atoms with Crippen LogP contribution in [0.25, 0.3) is 5.52 Å². The van der Waals surface area contributed by atoms with Crippen LogP contribution in [0.15, 0.2) is 60.8 Å². The van der Waals surface area contributed by atoms with Crippen LogP contribution in [-0.2, 0) is 6.42 Å². The Morgan fingerprint density at radius 1 is 1.05 bits per heavy atom. The van der Waals surface area contributed by atoms with Crippen LogP contribution in [0, 0.1) is 12.7 Å². The smallest absolute Gasteiger partial charge is 0.497 e. The van der Waals surface area contributed by atoms with Gasteiger partial charge < -0.3 is 19.3 Å². The molecule has 0 saturated carbocycles. The number of methoxy groups -OCH3 is 1. The Bertz CT molecular complexity index is 1580. The largest absolute Gasteiger partial charge is 0.573 e. The fourth-order valence-electron chi connectivity index (χ4n) is 5.56. The summed E-state index contributed by atoms with van der Waals surface area (Å²) in [6.07, 6.45) is -1.62. The van der Waals surface area contributed by atoms with E-state index < -0.39 is 6.36 Å². The summed E-state index contributed by atoms with van der Waals surface area (Å²) in [4.78, 5) is 17.3. The molecule has 230 valence electrons. The molecule has 1 aliphatic heterocycles. The van der Waals surface area contributed by atoms with Gasteiger partial charge in [0.1, 0.15) is 17.3 Å². The van der Waals surface area contributed by atoms with Gasteiger partial charge in [0.15, 0.2) is 5.78 Å². The first-order chi connectivity index (χ1) is 20.1. The van der Waals surface area contributed by atoms with Crippen LogP contribution in [0.5, 0.6) is 11.5 Å². The topological polar surface area (TPSA) is 59.3 Å². The summed E-state index contributed by atoms with van der Waals surface area (Å²) in [5, 5.41) is 4.42. The van der Waals surface area contributed by atoms with E-state index in [1.54, 1.807) is 55.1 Å². The van der Waals surface area contributed by atoms with Crippen molar-refractivity contribution in [1.82, 2.24) is 9.61 Å². The van der Waals surface area contributed by atoms with Crippen molar-refractivity contribution in [1.29, 1.82) is 0 Å². The van der Waals surface area contributed by atoms with Crippen molar-refractivity contribution in [3.05, 3.63) is 83.4 Å². The van der Waals surface area contributed by atoms with Gasteiger partial charge in [-0.15, -0.1) is 25.6 Å². The normalized spacial score (nSPS) is 15.4. The molecule has 0 amide bonds. The Morgan fingerprint density at radius 2 is 1.79 bits per heavy atom. The number of hydrogen-bond donors (Lipinski definition) is 0. The molecule has 7 nitrogen and oxygen atoms in total. The number of ketones is 1. The zero-order valence-electron chi connectivity index (χ0n) is 24.0. The molecule has 1 fully saturated rings. The molecular formula is C31H33ClF4N4O3. The fourth-order valence-corrected chi connectivity index (χ4v) is 5.56. The van der Waals surface area contributed by atoms with Gasteiger partial charge in [-0.2, -0.15) is 5.10 Å². The van der Waals surface area contributed by atoms with Crippen molar-refractivity contribution in [3.63, 3.8) is 0 Å². The van der Waals surface area contributed by atoms with Crippen LogP contribution < -0.4 is 19.3 Å². The first-order valence-electron chi connectivity index (χ1n) is 13.8. The number of nitrogens with zero attached hydrogens (tertiary/aromatic N) is 4. The molecule has 2 aromatic carbocycles. The molecule has 1 saturated heterocycles. The number of ether oxygens (including phenoxy) is 2. The van der Waals surface area contributed by atoms with Crippen LogP contribution in [0.1, 0.15) is 41.4 Å². The van der Waals surface area contributed by atoms with Gasteiger partial charge in [0.05, 0.1) is 29.6 Å². The third-order valence-corrected chi connectivity index (χ3v) is 7.65. The molecule has 5 rings (SSSR count). The number of pyridine rings is 1. The third-order valence-electron chi connectivity index (χ3n) is 7.65. The summed E-state index contributed by atoms with van der Waals surface area (Å²) in [5.74, 6) is -0.0570. The number of aryl methyl sites for hydroxylation is 2. The summed E-state index contributed by atoms with van der Waals surface area (Å²) < 4.78 is 63.8. The quantitative estimate of drug-likeness (QED) is 0.148. The second kappa shape index (κ2) is 13.1.